The fraction of sp³-hybridized carbons (Fsp3) is 0.611. The average Bonchev–Trinajstić information content (AvgIpc) is 2.56. The number of amides is 1. The molecule has 1 fully saturated rings. The molecule has 1 atom stereocenters. The van der Waals surface area contributed by atoms with Crippen LogP contribution >= 0.6 is 0 Å². The Hall–Kier alpha value is -1.60. The molecule has 25 heavy (non-hydrogen) atoms. The van der Waals surface area contributed by atoms with E-state index in [0.29, 0.717) is 31.9 Å². The zero-order valence-electron chi connectivity index (χ0n) is 15.2. The van der Waals surface area contributed by atoms with Crippen LogP contribution in [0.15, 0.2) is 23.1 Å². The summed E-state index contributed by atoms with van der Waals surface area (Å²) in [6, 6.07) is 5.16. The number of ether oxygens (including phenoxy) is 1. The standard InChI is InChI=1S/C18H28N2O4S/c1-4-24-17-9-8-14(2)13-18(17)25(22,23)20-12-6-5-7-16(20)10-11-19-15(3)21/h8-9,13,16H,4-7,10-12H2,1-3H3,(H,19,21)/t16-/m0/s1. The second-order valence-electron chi connectivity index (χ2n) is 6.42. The number of hydrogen-bond acceptors (Lipinski definition) is 4. The van der Waals surface area contributed by atoms with Gasteiger partial charge in [0, 0.05) is 26.1 Å². The lowest BCUT2D eigenvalue weighted by Gasteiger charge is -2.35. The minimum atomic E-state index is -3.64. The molecule has 0 saturated carbocycles. The molecular weight excluding hydrogens is 340 g/mol. The quantitative estimate of drug-likeness (QED) is 0.802. The first-order chi connectivity index (χ1) is 11.9. The smallest absolute Gasteiger partial charge is 0.247 e. The molecule has 1 aliphatic heterocycles. The molecular formula is C18H28N2O4S. The van der Waals surface area contributed by atoms with Crippen molar-refractivity contribution in [2.45, 2.75) is 57.4 Å². The van der Waals surface area contributed by atoms with Gasteiger partial charge in [-0.3, -0.25) is 4.79 Å². The lowest BCUT2D eigenvalue weighted by molar-refractivity contribution is -0.119. The first kappa shape index (κ1) is 19.7. The number of nitrogens with zero attached hydrogens (tertiary/aromatic N) is 1. The van der Waals surface area contributed by atoms with E-state index in [1.54, 1.807) is 16.4 Å². The normalized spacial score (nSPS) is 18.8. The molecule has 0 radical (unpaired) electrons. The van der Waals surface area contributed by atoms with Gasteiger partial charge in [-0.1, -0.05) is 12.5 Å². The maximum absolute atomic E-state index is 13.3. The largest absolute Gasteiger partial charge is 0.492 e. The van der Waals surface area contributed by atoms with Crippen LogP contribution in [0, 0.1) is 6.92 Å². The summed E-state index contributed by atoms with van der Waals surface area (Å²) in [4.78, 5) is 11.3. The van der Waals surface area contributed by atoms with E-state index in [-0.39, 0.29) is 16.8 Å². The second-order valence-corrected chi connectivity index (χ2v) is 8.28. The summed E-state index contributed by atoms with van der Waals surface area (Å²) in [7, 11) is -3.64. The summed E-state index contributed by atoms with van der Waals surface area (Å²) >= 11 is 0. The van der Waals surface area contributed by atoms with Gasteiger partial charge in [0.15, 0.2) is 0 Å². The molecule has 1 aromatic rings. The third-order valence-corrected chi connectivity index (χ3v) is 6.38. The molecule has 140 valence electrons. The summed E-state index contributed by atoms with van der Waals surface area (Å²) in [5, 5.41) is 2.76. The molecule has 0 spiro atoms. The maximum Gasteiger partial charge on any atom is 0.247 e. The lowest BCUT2D eigenvalue weighted by atomic mass is 10.0. The Balaban J connectivity index is 2.29. The number of carbonyl (C=O) groups is 1. The van der Waals surface area contributed by atoms with Crippen molar-refractivity contribution in [1.82, 2.24) is 9.62 Å². The van der Waals surface area contributed by atoms with Gasteiger partial charge in [0.2, 0.25) is 15.9 Å². The molecule has 0 bridgehead atoms. The fourth-order valence-corrected chi connectivity index (χ4v) is 5.15. The van der Waals surface area contributed by atoms with Gasteiger partial charge in [0.05, 0.1) is 6.61 Å². The van der Waals surface area contributed by atoms with Crippen LogP contribution in [0.1, 0.15) is 45.1 Å². The highest BCUT2D eigenvalue weighted by atomic mass is 32.2. The predicted molar refractivity (Wildman–Crippen MR) is 97.2 cm³/mol. The third-order valence-electron chi connectivity index (χ3n) is 4.41. The molecule has 1 saturated heterocycles. The van der Waals surface area contributed by atoms with Crippen LogP contribution in [0.3, 0.4) is 0 Å². The average molecular weight is 368 g/mol. The van der Waals surface area contributed by atoms with Gasteiger partial charge in [0.1, 0.15) is 10.6 Å². The van der Waals surface area contributed by atoms with Crippen LogP contribution in [0.2, 0.25) is 0 Å². The summed E-state index contributed by atoms with van der Waals surface area (Å²) in [5.41, 5.74) is 0.883. The SMILES string of the molecule is CCOc1ccc(C)cc1S(=O)(=O)N1CCCC[C@H]1CCNC(C)=O. The topological polar surface area (TPSA) is 75.7 Å². The van der Waals surface area contributed by atoms with E-state index in [4.69, 9.17) is 4.74 Å². The number of piperidine rings is 1. The van der Waals surface area contributed by atoms with Crippen LogP contribution in [0.5, 0.6) is 5.75 Å². The molecule has 0 unspecified atom stereocenters. The van der Waals surface area contributed by atoms with E-state index in [0.717, 1.165) is 24.8 Å². The van der Waals surface area contributed by atoms with Crippen LogP contribution < -0.4 is 10.1 Å². The molecule has 2 rings (SSSR count). The van der Waals surface area contributed by atoms with Crippen molar-refractivity contribution in [2.75, 3.05) is 19.7 Å². The summed E-state index contributed by atoms with van der Waals surface area (Å²) in [6.07, 6.45) is 3.29. The van der Waals surface area contributed by atoms with E-state index in [2.05, 4.69) is 5.32 Å². The van der Waals surface area contributed by atoms with Gasteiger partial charge >= 0.3 is 0 Å². The van der Waals surface area contributed by atoms with E-state index < -0.39 is 10.0 Å². The molecule has 1 aromatic carbocycles. The number of aryl methyl sites for hydroxylation is 1. The van der Waals surface area contributed by atoms with Gasteiger partial charge in [0.25, 0.3) is 0 Å². The van der Waals surface area contributed by atoms with Gasteiger partial charge in [-0.05, 0) is 50.8 Å². The highest BCUT2D eigenvalue weighted by Crippen LogP contribution is 2.32. The molecule has 6 nitrogen and oxygen atoms in total. The van der Waals surface area contributed by atoms with E-state index in [9.17, 15) is 13.2 Å². The highest BCUT2D eigenvalue weighted by Gasteiger charge is 2.35. The highest BCUT2D eigenvalue weighted by molar-refractivity contribution is 7.89. The van der Waals surface area contributed by atoms with Crippen molar-refractivity contribution in [3.8, 4) is 5.75 Å². The Morgan fingerprint density at radius 2 is 2.12 bits per heavy atom. The number of hydrogen-bond donors (Lipinski definition) is 1. The van der Waals surface area contributed by atoms with Gasteiger partial charge in [-0.2, -0.15) is 4.31 Å². The molecule has 0 aliphatic carbocycles. The van der Waals surface area contributed by atoms with Gasteiger partial charge in [-0.25, -0.2) is 8.42 Å². The van der Waals surface area contributed by atoms with Crippen LogP contribution in [0.25, 0.3) is 0 Å². The Morgan fingerprint density at radius 3 is 2.80 bits per heavy atom. The Labute approximate surface area is 150 Å². The lowest BCUT2D eigenvalue weighted by Crippen LogP contribution is -2.45. The summed E-state index contributed by atoms with van der Waals surface area (Å²) in [6.45, 7) is 6.59. The van der Waals surface area contributed by atoms with Gasteiger partial charge < -0.3 is 10.1 Å². The van der Waals surface area contributed by atoms with E-state index in [1.165, 1.54) is 6.92 Å². The van der Waals surface area contributed by atoms with E-state index >= 15 is 0 Å². The van der Waals surface area contributed by atoms with Gasteiger partial charge in [-0.15, -0.1) is 0 Å². The molecule has 7 heteroatoms. The number of nitrogens with one attached hydrogen (secondary N) is 1. The Morgan fingerprint density at radius 1 is 1.36 bits per heavy atom. The summed E-state index contributed by atoms with van der Waals surface area (Å²) < 4.78 is 33.7. The van der Waals surface area contributed by atoms with Crippen LogP contribution in [-0.4, -0.2) is 44.4 Å². The Bertz CT molecular complexity index is 703. The van der Waals surface area contributed by atoms with Crippen molar-refractivity contribution in [3.63, 3.8) is 0 Å². The zero-order valence-corrected chi connectivity index (χ0v) is 16.1. The zero-order chi connectivity index (χ0) is 18.4. The van der Waals surface area contributed by atoms with Crippen molar-refractivity contribution in [3.05, 3.63) is 23.8 Å². The molecule has 1 amide bonds. The summed E-state index contributed by atoms with van der Waals surface area (Å²) in [5.74, 6) is 0.307. The minimum absolute atomic E-state index is 0.0949. The minimum Gasteiger partial charge on any atom is -0.492 e. The molecule has 0 aromatic heterocycles. The number of rotatable bonds is 7. The molecule has 1 aliphatic rings. The predicted octanol–water partition coefficient (Wildman–Crippen LogP) is 2.46. The first-order valence-electron chi connectivity index (χ1n) is 8.86. The number of carbonyl (C=O) groups excluding carboxylic acids is 1. The van der Waals surface area contributed by atoms with E-state index in [1.807, 2.05) is 19.9 Å². The number of sulfonamides is 1. The van der Waals surface area contributed by atoms with Crippen LogP contribution in [-0.2, 0) is 14.8 Å². The number of benzene rings is 1. The maximum atomic E-state index is 13.3. The monoisotopic (exact) mass is 368 g/mol. The fourth-order valence-electron chi connectivity index (χ4n) is 3.21. The Kier molecular flexibility index (Phi) is 6.84. The second kappa shape index (κ2) is 8.67. The molecule has 1 N–H and O–H groups in total. The third kappa shape index (κ3) is 4.95. The first-order valence-corrected chi connectivity index (χ1v) is 10.3. The molecule has 1 heterocycles. The van der Waals surface area contributed by atoms with Crippen molar-refractivity contribution < 1.29 is 17.9 Å². The van der Waals surface area contributed by atoms with Crippen molar-refractivity contribution in [1.29, 1.82) is 0 Å². The van der Waals surface area contributed by atoms with Crippen LogP contribution in [0.4, 0.5) is 0 Å². The van der Waals surface area contributed by atoms with Crippen molar-refractivity contribution in [2.24, 2.45) is 0 Å². The van der Waals surface area contributed by atoms with Crippen molar-refractivity contribution >= 4 is 15.9 Å².